The maximum atomic E-state index is 13.3. The van der Waals surface area contributed by atoms with Gasteiger partial charge < -0.3 is 10.1 Å². The quantitative estimate of drug-likeness (QED) is 0.815. The Bertz CT molecular complexity index is 536. The Morgan fingerprint density at radius 3 is 2.50 bits per heavy atom. The van der Waals surface area contributed by atoms with Crippen molar-refractivity contribution in [2.24, 2.45) is 0 Å². The smallest absolute Gasteiger partial charge is 0.380 e. The summed E-state index contributed by atoms with van der Waals surface area (Å²) in [6.45, 7) is 0. The van der Waals surface area contributed by atoms with Gasteiger partial charge in [-0.2, -0.15) is 13.2 Å². The minimum Gasteiger partial charge on any atom is -0.380 e. The zero-order chi connectivity index (χ0) is 13.3. The van der Waals surface area contributed by atoms with Crippen molar-refractivity contribution in [1.82, 2.24) is 9.97 Å². The molecule has 96 valence electrons. The number of hydrogen-bond acceptors (Lipinski definition) is 2. The van der Waals surface area contributed by atoms with Crippen LogP contribution in [0, 0.1) is 5.82 Å². The standard InChI is InChI=1S/C11H8F4N2O/c12-8-5-6(1-2-7(8)11(13,14)15)9(18)10-16-3-4-17-10/h1-5,9,18H,(H,16,17). The molecule has 1 unspecified atom stereocenters. The number of rotatable bonds is 2. The van der Waals surface area contributed by atoms with Crippen LogP contribution in [0.15, 0.2) is 30.6 Å². The third kappa shape index (κ3) is 2.35. The van der Waals surface area contributed by atoms with E-state index in [-0.39, 0.29) is 11.4 Å². The summed E-state index contributed by atoms with van der Waals surface area (Å²) in [5.41, 5.74) is -1.37. The molecule has 3 nitrogen and oxygen atoms in total. The van der Waals surface area contributed by atoms with Gasteiger partial charge in [0, 0.05) is 12.4 Å². The molecule has 0 fully saturated rings. The van der Waals surface area contributed by atoms with E-state index in [2.05, 4.69) is 9.97 Å². The van der Waals surface area contributed by atoms with E-state index in [4.69, 9.17) is 0 Å². The Labute approximate surface area is 99.1 Å². The lowest BCUT2D eigenvalue weighted by molar-refractivity contribution is -0.140. The van der Waals surface area contributed by atoms with Crippen molar-refractivity contribution in [3.63, 3.8) is 0 Å². The van der Waals surface area contributed by atoms with E-state index in [1.807, 2.05) is 0 Å². The van der Waals surface area contributed by atoms with E-state index in [9.17, 15) is 22.7 Å². The summed E-state index contributed by atoms with van der Waals surface area (Å²) in [4.78, 5) is 6.34. The second kappa shape index (κ2) is 4.41. The number of benzene rings is 1. The molecule has 0 radical (unpaired) electrons. The molecule has 0 aliphatic carbocycles. The van der Waals surface area contributed by atoms with Gasteiger partial charge in [0.05, 0.1) is 5.56 Å². The highest BCUT2D eigenvalue weighted by molar-refractivity contribution is 5.30. The van der Waals surface area contributed by atoms with Gasteiger partial charge in [-0.3, -0.25) is 0 Å². The number of nitrogens with zero attached hydrogens (tertiary/aromatic N) is 1. The first-order chi connectivity index (χ1) is 8.39. The zero-order valence-corrected chi connectivity index (χ0v) is 8.87. The lowest BCUT2D eigenvalue weighted by Gasteiger charge is -2.12. The molecule has 0 aliphatic rings. The number of H-pyrrole nitrogens is 1. The summed E-state index contributed by atoms with van der Waals surface area (Å²) in [6.07, 6.45) is -3.23. The average Bonchev–Trinajstić information content (AvgIpc) is 2.79. The zero-order valence-electron chi connectivity index (χ0n) is 8.87. The first-order valence-electron chi connectivity index (χ1n) is 4.93. The molecule has 2 aromatic rings. The van der Waals surface area contributed by atoms with Gasteiger partial charge in [0.1, 0.15) is 17.7 Å². The number of aromatic nitrogens is 2. The van der Waals surface area contributed by atoms with Gasteiger partial charge in [-0.25, -0.2) is 9.37 Å². The summed E-state index contributed by atoms with van der Waals surface area (Å²) >= 11 is 0. The fourth-order valence-electron chi connectivity index (χ4n) is 1.52. The van der Waals surface area contributed by atoms with Crippen LogP contribution in [0.3, 0.4) is 0 Å². The monoisotopic (exact) mass is 260 g/mol. The average molecular weight is 260 g/mol. The van der Waals surface area contributed by atoms with E-state index in [0.717, 1.165) is 6.07 Å². The topological polar surface area (TPSA) is 48.9 Å². The van der Waals surface area contributed by atoms with Crippen molar-refractivity contribution in [3.05, 3.63) is 53.4 Å². The molecule has 7 heteroatoms. The number of imidazole rings is 1. The van der Waals surface area contributed by atoms with Crippen molar-refractivity contribution in [2.45, 2.75) is 12.3 Å². The van der Waals surface area contributed by atoms with E-state index >= 15 is 0 Å². The number of aliphatic hydroxyl groups is 1. The first kappa shape index (κ1) is 12.6. The number of halogens is 4. The second-order valence-electron chi connectivity index (χ2n) is 3.61. The van der Waals surface area contributed by atoms with Crippen LogP contribution >= 0.6 is 0 Å². The molecule has 1 aromatic heterocycles. The van der Waals surface area contributed by atoms with E-state index in [1.54, 1.807) is 0 Å². The molecule has 1 heterocycles. The van der Waals surface area contributed by atoms with E-state index in [1.165, 1.54) is 12.4 Å². The molecule has 0 aliphatic heterocycles. The number of aliphatic hydroxyl groups excluding tert-OH is 1. The minimum atomic E-state index is -4.75. The fraction of sp³-hybridized carbons (Fsp3) is 0.182. The molecule has 0 amide bonds. The van der Waals surface area contributed by atoms with E-state index < -0.39 is 23.7 Å². The molecule has 18 heavy (non-hydrogen) atoms. The van der Waals surface area contributed by atoms with Gasteiger partial charge in [-0.15, -0.1) is 0 Å². The Kier molecular flexibility index (Phi) is 3.08. The largest absolute Gasteiger partial charge is 0.419 e. The molecule has 1 atom stereocenters. The van der Waals surface area contributed by atoms with Gasteiger partial charge in [-0.05, 0) is 17.7 Å². The Hall–Kier alpha value is -1.89. The first-order valence-corrected chi connectivity index (χ1v) is 4.93. The van der Waals surface area contributed by atoms with Crippen LogP contribution in [-0.2, 0) is 6.18 Å². The van der Waals surface area contributed by atoms with Crippen LogP contribution in [0.1, 0.15) is 23.1 Å². The fourth-order valence-corrected chi connectivity index (χ4v) is 1.52. The Morgan fingerprint density at radius 2 is 2.00 bits per heavy atom. The van der Waals surface area contributed by atoms with Crippen molar-refractivity contribution in [2.75, 3.05) is 0 Å². The van der Waals surface area contributed by atoms with Crippen LogP contribution in [0.5, 0.6) is 0 Å². The van der Waals surface area contributed by atoms with Gasteiger partial charge in [-0.1, -0.05) is 6.07 Å². The molecule has 0 saturated heterocycles. The summed E-state index contributed by atoms with van der Waals surface area (Å²) in [6, 6.07) is 2.26. The number of aromatic amines is 1. The predicted octanol–water partition coefficient (Wildman–Crippen LogP) is 2.65. The molecule has 2 rings (SSSR count). The highest BCUT2D eigenvalue weighted by Gasteiger charge is 2.34. The molecule has 0 bridgehead atoms. The van der Waals surface area contributed by atoms with Crippen LogP contribution in [0.2, 0.25) is 0 Å². The second-order valence-corrected chi connectivity index (χ2v) is 3.61. The summed E-state index contributed by atoms with van der Waals surface area (Å²) in [7, 11) is 0. The van der Waals surface area contributed by atoms with Gasteiger partial charge in [0.25, 0.3) is 0 Å². The highest BCUT2D eigenvalue weighted by atomic mass is 19.4. The normalized spacial score (nSPS) is 13.6. The third-order valence-corrected chi connectivity index (χ3v) is 2.39. The molecule has 2 N–H and O–H groups in total. The summed E-state index contributed by atoms with van der Waals surface area (Å²) in [5.74, 6) is -1.29. The van der Waals surface area contributed by atoms with Crippen LogP contribution < -0.4 is 0 Å². The lowest BCUT2D eigenvalue weighted by atomic mass is 10.1. The third-order valence-electron chi connectivity index (χ3n) is 2.39. The van der Waals surface area contributed by atoms with Gasteiger partial charge in [0.15, 0.2) is 0 Å². The maximum absolute atomic E-state index is 13.3. The lowest BCUT2D eigenvalue weighted by Crippen LogP contribution is -2.10. The minimum absolute atomic E-state index is 0.00421. The Balaban J connectivity index is 2.35. The van der Waals surface area contributed by atoms with Crippen LogP contribution in [-0.4, -0.2) is 15.1 Å². The molecular formula is C11H8F4N2O. The Morgan fingerprint density at radius 1 is 1.28 bits per heavy atom. The van der Waals surface area contributed by atoms with Gasteiger partial charge >= 0.3 is 6.18 Å². The van der Waals surface area contributed by atoms with E-state index in [0.29, 0.717) is 12.1 Å². The van der Waals surface area contributed by atoms with Gasteiger partial charge in [0.2, 0.25) is 0 Å². The number of hydrogen-bond donors (Lipinski definition) is 2. The van der Waals surface area contributed by atoms with Crippen LogP contribution in [0.25, 0.3) is 0 Å². The highest BCUT2D eigenvalue weighted by Crippen LogP contribution is 2.32. The van der Waals surface area contributed by atoms with Crippen molar-refractivity contribution < 1.29 is 22.7 Å². The number of alkyl halides is 3. The van der Waals surface area contributed by atoms with Crippen LogP contribution in [0.4, 0.5) is 17.6 Å². The van der Waals surface area contributed by atoms with Crippen molar-refractivity contribution in [1.29, 1.82) is 0 Å². The summed E-state index contributed by atoms with van der Waals surface area (Å²) < 4.78 is 50.3. The number of nitrogens with one attached hydrogen (secondary N) is 1. The molecule has 1 aromatic carbocycles. The molecular weight excluding hydrogens is 252 g/mol. The molecule has 0 spiro atoms. The SMILES string of the molecule is OC(c1ccc(C(F)(F)F)c(F)c1)c1ncc[nH]1. The maximum Gasteiger partial charge on any atom is 0.419 e. The summed E-state index contributed by atoms with van der Waals surface area (Å²) in [5, 5.41) is 9.76. The molecule has 0 saturated carbocycles. The van der Waals surface area contributed by atoms with Crippen molar-refractivity contribution in [3.8, 4) is 0 Å². The van der Waals surface area contributed by atoms with Crippen molar-refractivity contribution >= 4 is 0 Å². The predicted molar refractivity (Wildman–Crippen MR) is 54.1 cm³/mol.